The van der Waals surface area contributed by atoms with Gasteiger partial charge in [0.15, 0.2) is 0 Å². The van der Waals surface area contributed by atoms with E-state index in [9.17, 15) is 4.79 Å². The van der Waals surface area contributed by atoms with Gasteiger partial charge in [-0.3, -0.25) is 4.79 Å². The molecule has 5 heteroatoms. The smallest absolute Gasteiger partial charge is 0.252 e. The number of nitrogens with two attached hydrogens (primary N) is 2. The average Bonchev–Trinajstić information content (AvgIpc) is 2.38. The Balaban J connectivity index is 2.34. The lowest BCUT2D eigenvalue weighted by molar-refractivity contribution is 0.0998. The summed E-state index contributed by atoms with van der Waals surface area (Å²) in [6, 6.07) is 12.2. The SMILES string of the molecule is Cc1cc(Oc2ccccc2C(N)=O)ccc1C(N)=S. The molecular formula is C15H14N2O2S. The van der Waals surface area contributed by atoms with Crippen molar-refractivity contribution < 1.29 is 9.53 Å². The molecule has 102 valence electrons. The van der Waals surface area contributed by atoms with Gasteiger partial charge in [-0.25, -0.2) is 0 Å². The van der Waals surface area contributed by atoms with Crippen LogP contribution in [-0.4, -0.2) is 10.9 Å². The van der Waals surface area contributed by atoms with Crippen LogP contribution in [0.25, 0.3) is 0 Å². The first-order valence-corrected chi connectivity index (χ1v) is 6.37. The topological polar surface area (TPSA) is 78.3 Å². The summed E-state index contributed by atoms with van der Waals surface area (Å²) >= 11 is 4.95. The molecule has 2 aromatic rings. The second-order valence-electron chi connectivity index (χ2n) is 4.30. The van der Waals surface area contributed by atoms with Gasteiger partial charge in [0.2, 0.25) is 0 Å². The Morgan fingerprint density at radius 2 is 1.80 bits per heavy atom. The molecule has 0 radical (unpaired) electrons. The molecule has 4 nitrogen and oxygen atoms in total. The quantitative estimate of drug-likeness (QED) is 0.847. The minimum absolute atomic E-state index is 0.337. The molecule has 20 heavy (non-hydrogen) atoms. The third-order valence-corrected chi connectivity index (χ3v) is 3.06. The fourth-order valence-corrected chi connectivity index (χ4v) is 2.09. The van der Waals surface area contributed by atoms with Gasteiger partial charge >= 0.3 is 0 Å². The van der Waals surface area contributed by atoms with E-state index in [0.29, 0.717) is 22.1 Å². The summed E-state index contributed by atoms with van der Waals surface area (Å²) < 4.78 is 5.70. The van der Waals surface area contributed by atoms with E-state index in [1.807, 2.05) is 13.0 Å². The van der Waals surface area contributed by atoms with Crippen LogP contribution >= 0.6 is 12.2 Å². The monoisotopic (exact) mass is 286 g/mol. The molecule has 0 heterocycles. The summed E-state index contributed by atoms with van der Waals surface area (Å²) in [5.74, 6) is 0.482. The molecule has 0 aliphatic rings. The van der Waals surface area contributed by atoms with Gasteiger partial charge < -0.3 is 16.2 Å². The molecule has 2 aromatic carbocycles. The van der Waals surface area contributed by atoms with Gasteiger partial charge in [0.05, 0.1) is 5.56 Å². The highest BCUT2D eigenvalue weighted by Crippen LogP contribution is 2.26. The van der Waals surface area contributed by atoms with Crippen LogP contribution in [0.4, 0.5) is 0 Å². The van der Waals surface area contributed by atoms with Crippen LogP contribution in [0, 0.1) is 6.92 Å². The van der Waals surface area contributed by atoms with E-state index < -0.39 is 5.91 Å². The standard InChI is InChI=1S/C15H14N2O2S/c1-9-8-10(6-7-11(9)15(17)20)19-13-5-3-2-4-12(13)14(16)18/h2-8H,1H3,(H2,16,18)(H2,17,20). The van der Waals surface area contributed by atoms with Crippen molar-refractivity contribution in [3.8, 4) is 11.5 Å². The average molecular weight is 286 g/mol. The maximum absolute atomic E-state index is 11.3. The van der Waals surface area contributed by atoms with Crippen molar-refractivity contribution >= 4 is 23.1 Å². The first-order chi connectivity index (χ1) is 9.49. The van der Waals surface area contributed by atoms with Crippen LogP contribution in [0.2, 0.25) is 0 Å². The molecule has 0 aliphatic carbocycles. The molecule has 0 bridgehead atoms. The highest BCUT2D eigenvalue weighted by molar-refractivity contribution is 7.80. The zero-order valence-corrected chi connectivity index (χ0v) is 11.7. The zero-order chi connectivity index (χ0) is 14.7. The van der Waals surface area contributed by atoms with Crippen LogP contribution < -0.4 is 16.2 Å². The first kappa shape index (κ1) is 14.0. The van der Waals surface area contributed by atoms with Crippen molar-refractivity contribution in [1.29, 1.82) is 0 Å². The third kappa shape index (κ3) is 2.95. The number of ether oxygens (including phenoxy) is 1. The predicted molar refractivity (Wildman–Crippen MR) is 82.1 cm³/mol. The highest BCUT2D eigenvalue weighted by atomic mass is 32.1. The number of amides is 1. The molecule has 0 unspecified atom stereocenters. The van der Waals surface area contributed by atoms with E-state index in [1.54, 1.807) is 36.4 Å². The normalized spacial score (nSPS) is 10.1. The van der Waals surface area contributed by atoms with Crippen LogP contribution in [0.15, 0.2) is 42.5 Å². The molecule has 1 amide bonds. The molecular weight excluding hydrogens is 272 g/mol. The van der Waals surface area contributed by atoms with E-state index in [-0.39, 0.29) is 0 Å². The van der Waals surface area contributed by atoms with Crippen molar-refractivity contribution in [3.05, 3.63) is 59.2 Å². The Labute approximate surface area is 122 Å². The van der Waals surface area contributed by atoms with Crippen molar-refractivity contribution in [3.63, 3.8) is 0 Å². The Bertz CT molecular complexity index is 683. The van der Waals surface area contributed by atoms with Crippen molar-refractivity contribution in [2.45, 2.75) is 6.92 Å². The minimum Gasteiger partial charge on any atom is -0.457 e. The summed E-state index contributed by atoms with van der Waals surface area (Å²) in [5, 5.41) is 0. The maximum Gasteiger partial charge on any atom is 0.252 e. The highest BCUT2D eigenvalue weighted by Gasteiger charge is 2.10. The Kier molecular flexibility index (Phi) is 4.00. The van der Waals surface area contributed by atoms with Crippen LogP contribution in [0.5, 0.6) is 11.5 Å². The summed E-state index contributed by atoms with van der Waals surface area (Å²) in [6.45, 7) is 1.89. The van der Waals surface area contributed by atoms with Crippen LogP contribution in [0.3, 0.4) is 0 Å². The van der Waals surface area contributed by atoms with E-state index in [2.05, 4.69) is 0 Å². The number of benzene rings is 2. The lowest BCUT2D eigenvalue weighted by atomic mass is 10.1. The van der Waals surface area contributed by atoms with Gasteiger partial charge in [-0.1, -0.05) is 24.4 Å². The van der Waals surface area contributed by atoms with Crippen molar-refractivity contribution in [1.82, 2.24) is 0 Å². The Morgan fingerprint density at radius 3 is 2.40 bits per heavy atom. The van der Waals surface area contributed by atoms with Gasteiger partial charge in [-0.05, 0) is 42.8 Å². The largest absolute Gasteiger partial charge is 0.457 e. The number of thiocarbonyl (C=S) groups is 1. The van der Waals surface area contributed by atoms with Gasteiger partial charge in [-0.15, -0.1) is 0 Å². The fourth-order valence-electron chi connectivity index (χ4n) is 1.86. The molecule has 0 aliphatic heterocycles. The second-order valence-corrected chi connectivity index (χ2v) is 4.74. The van der Waals surface area contributed by atoms with Gasteiger partial charge in [0.1, 0.15) is 16.5 Å². The predicted octanol–water partition coefficient (Wildman–Crippen LogP) is 2.52. The van der Waals surface area contributed by atoms with E-state index >= 15 is 0 Å². The first-order valence-electron chi connectivity index (χ1n) is 5.96. The van der Waals surface area contributed by atoms with Crippen LogP contribution in [-0.2, 0) is 0 Å². The minimum atomic E-state index is -0.530. The maximum atomic E-state index is 11.3. The fraction of sp³-hybridized carbons (Fsp3) is 0.0667. The number of primary amides is 1. The summed E-state index contributed by atoms with van der Waals surface area (Å²) in [4.78, 5) is 11.7. The molecule has 0 spiro atoms. The van der Waals surface area contributed by atoms with E-state index in [4.69, 9.17) is 28.4 Å². The Hall–Kier alpha value is -2.40. The number of hydrogen-bond donors (Lipinski definition) is 2. The van der Waals surface area contributed by atoms with Crippen LogP contribution in [0.1, 0.15) is 21.5 Å². The third-order valence-electron chi connectivity index (χ3n) is 2.84. The molecule has 2 rings (SSSR count). The summed E-state index contributed by atoms with van der Waals surface area (Å²) in [7, 11) is 0. The lowest BCUT2D eigenvalue weighted by Crippen LogP contribution is -2.12. The molecule has 0 saturated heterocycles. The number of aryl methyl sites for hydroxylation is 1. The number of carbonyl (C=O) groups is 1. The molecule has 4 N–H and O–H groups in total. The van der Waals surface area contributed by atoms with E-state index in [1.165, 1.54) is 0 Å². The van der Waals surface area contributed by atoms with Gasteiger partial charge in [0.25, 0.3) is 5.91 Å². The van der Waals surface area contributed by atoms with Gasteiger partial charge in [-0.2, -0.15) is 0 Å². The number of para-hydroxylation sites is 1. The lowest BCUT2D eigenvalue weighted by Gasteiger charge is -2.11. The Morgan fingerprint density at radius 1 is 1.10 bits per heavy atom. The summed E-state index contributed by atoms with van der Waals surface area (Å²) in [6.07, 6.45) is 0. The van der Waals surface area contributed by atoms with E-state index in [0.717, 1.165) is 11.1 Å². The van der Waals surface area contributed by atoms with Crippen molar-refractivity contribution in [2.24, 2.45) is 11.5 Å². The number of hydrogen-bond acceptors (Lipinski definition) is 3. The molecule has 0 atom stereocenters. The second kappa shape index (κ2) is 5.71. The number of rotatable bonds is 4. The van der Waals surface area contributed by atoms with Gasteiger partial charge in [0, 0.05) is 5.56 Å². The molecule has 0 fully saturated rings. The molecule has 0 saturated carbocycles. The number of carbonyl (C=O) groups excluding carboxylic acids is 1. The molecule has 0 aromatic heterocycles. The summed E-state index contributed by atoms with van der Waals surface area (Å²) in [5.41, 5.74) is 13.0. The zero-order valence-electron chi connectivity index (χ0n) is 10.9. The van der Waals surface area contributed by atoms with Crippen molar-refractivity contribution in [2.75, 3.05) is 0 Å².